The Labute approximate surface area is 203 Å². The van der Waals surface area contributed by atoms with E-state index in [2.05, 4.69) is 22.4 Å². The van der Waals surface area contributed by atoms with Gasteiger partial charge in [-0.05, 0) is 48.7 Å². The van der Waals surface area contributed by atoms with Crippen LogP contribution in [0.2, 0.25) is 0 Å². The Bertz CT molecular complexity index is 1410. The van der Waals surface area contributed by atoms with Crippen molar-refractivity contribution in [2.75, 3.05) is 11.9 Å². The van der Waals surface area contributed by atoms with Gasteiger partial charge >= 0.3 is 5.97 Å². The van der Waals surface area contributed by atoms with Gasteiger partial charge in [-0.3, -0.25) is 19.0 Å². The largest absolute Gasteiger partial charge is 0.466 e. The van der Waals surface area contributed by atoms with Crippen molar-refractivity contribution in [3.63, 3.8) is 0 Å². The maximum absolute atomic E-state index is 13.3. The molecule has 7 heteroatoms. The predicted octanol–water partition coefficient (Wildman–Crippen LogP) is 4.70. The molecule has 0 aliphatic rings. The number of carbonyl (C=O) groups excluding carboxylic acids is 2. The number of hydrogen-bond acceptors (Lipinski definition) is 5. The van der Waals surface area contributed by atoms with E-state index in [9.17, 15) is 14.4 Å². The molecule has 35 heavy (non-hydrogen) atoms. The molecule has 0 bridgehead atoms. The number of anilines is 1. The van der Waals surface area contributed by atoms with E-state index in [1.807, 2.05) is 49.4 Å². The van der Waals surface area contributed by atoms with Crippen molar-refractivity contribution < 1.29 is 14.3 Å². The summed E-state index contributed by atoms with van der Waals surface area (Å²) in [6.45, 7) is 4.19. The van der Waals surface area contributed by atoms with Crippen LogP contribution >= 0.6 is 0 Å². The Balaban J connectivity index is 1.53. The SMILES string of the molecule is CCOC(=O)CCC(=O)Nc1ccc2nc(C)n(Cc3ccc(-c4ccccc4)cc3)c(=O)c2c1. The fraction of sp³-hybridized carbons (Fsp3) is 0.214. The summed E-state index contributed by atoms with van der Waals surface area (Å²) in [7, 11) is 0. The minimum Gasteiger partial charge on any atom is -0.466 e. The Kier molecular flexibility index (Phi) is 7.35. The zero-order chi connectivity index (χ0) is 24.8. The summed E-state index contributed by atoms with van der Waals surface area (Å²) in [6.07, 6.45) is 0.0100. The Morgan fingerprint density at radius 3 is 2.37 bits per heavy atom. The predicted molar refractivity (Wildman–Crippen MR) is 136 cm³/mol. The van der Waals surface area contributed by atoms with Crippen molar-refractivity contribution in [3.8, 4) is 11.1 Å². The van der Waals surface area contributed by atoms with Crippen LogP contribution < -0.4 is 10.9 Å². The van der Waals surface area contributed by atoms with E-state index in [1.165, 1.54) is 0 Å². The third-order valence-corrected chi connectivity index (χ3v) is 5.69. The first-order chi connectivity index (χ1) is 16.9. The molecular formula is C28H27N3O4. The molecule has 3 aromatic carbocycles. The highest BCUT2D eigenvalue weighted by Crippen LogP contribution is 2.20. The molecule has 0 radical (unpaired) electrons. The number of esters is 1. The summed E-state index contributed by atoms with van der Waals surface area (Å²) in [5.41, 5.74) is 4.09. The number of ether oxygens (including phenoxy) is 1. The molecule has 0 aliphatic carbocycles. The lowest BCUT2D eigenvalue weighted by atomic mass is 10.0. The maximum Gasteiger partial charge on any atom is 0.306 e. The van der Waals surface area contributed by atoms with E-state index < -0.39 is 5.97 Å². The van der Waals surface area contributed by atoms with E-state index in [4.69, 9.17) is 4.74 Å². The fourth-order valence-electron chi connectivity index (χ4n) is 3.88. The fourth-order valence-corrected chi connectivity index (χ4v) is 3.88. The third kappa shape index (κ3) is 5.81. The standard InChI is InChI=1S/C28H27N3O4/c1-3-35-27(33)16-15-26(32)30-23-13-14-25-24(17-23)28(34)31(19(2)29-25)18-20-9-11-22(12-10-20)21-7-5-4-6-8-21/h4-14,17H,3,15-16,18H2,1-2H3,(H,30,32). The van der Waals surface area contributed by atoms with Gasteiger partial charge in [0.1, 0.15) is 5.82 Å². The summed E-state index contributed by atoms with van der Waals surface area (Å²) in [5, 5.41) is 3.16. The quantitative estimate of drug-likeness (QED) is 0.378. The van der Waals surface area contributed by atoms with Crippen LogP contribution in [0.1, 0.15) is 31.2 Å². The third-order valence-electron chi connectivity index (χ3n) is 5.69. The van der Waals surface area contributed by atoms with Gasteiger partial charge in [-0.2, -0.15) is 0 Å². The number of hydrogen-bond donors (Lipinski definition) is 1. The monoisotopic (exact) mass is 469 g/mol. The molecule has 0 unspecified atom stereocenters. The first-order valence-corrected chi connectivity index (χ1v) is 11.6. The second kappa shape index (κ2) is 10.8. The molecule has 0 atom stereocenters. The molecule has 0 spiro atoms. The van der Waals surface area contributed by atoms with E-state index in [0.29, 0.717) is 29.0 Å². The molecule has 4 aromatic rings. The van der Waals surface area contributed by atoms with E-state index in [-0.39, 0.29) is 30.9 Å². The number of aryl methyl sites for hydroxylation is 1. The van der Waals surface area contributed by atoms with Crippen LogP contribution in [0, 0.1) is 6.92 Å². The van der Waals surface area contributed by atoms with Crippen LogP contribution in [-0.4, -0.2) is 28.0 Å². The van der Waals surface area contributed by atoms with Gasteiger partial charge in [0.05, 0.1) is 30.5 Å². The summed E-state index contributed by atoms with van der Waals surface area (Å²) in [4.78, 5) is 41.6. The summed E-state index contributed by atoms with van der Waals surface area (Å²) < 4.78 is 6.48. The minimum absolute atomic E-state index is 0.00384. The normalized spacial score (nSPS) is 10.8. The van der Waals surface area contributed by atoms with Crippen molar-refractivity contribution in [3.05, 3.63) is 94.5 Å². The van der Waals surface area contributed by atoms with Crippen LogP contribution in [-0.2, 0) is 20.9 Å². The zero-order valence-electron chi connectivity index (χ0n) is 19.8. The van der Waals surface area contributed by atoms with E-state index in [0.717, 1.165) is 16.7 Å². The molecule has 1 heterocycles. The van der Waals surface area contributed by atoms with E-state index >= 15 is 0 Å². The first kappa shape index (κ1) is 23.9. The van der Waals surface area contributed by atoms with Gasteiger partial charge in [0, 0.05) is 12.1 Å². The van der Waals surface area contributed by atoms with Crippen LogP contribution in [0.15, 0.2) is 77.6 Å². The minimum atomic E-state index is -0.416. The van der Waals surface area contributed by atoms with Crippen LogP contribution in [0.4, 0.5) is 5.69 Å². The Morgan fingerprint density at radius 1 is 0.943 bits per heavy atom. The molecule has 0 fully saturated rings. The number of fused-ring (bicyclic) bond motifs is 1. The zero-order valence-corrected chi connectivity index (χ0v) is 19.8. The van der Waals surface area contributed by atoms with Crippen LogP contribution in [0.25, 0.3) is 22.0 Å². The topological polar surface area (TPSA) is 90.3 Å². The molecule has 1 amide bonds. The highest BCUT2D eigenvalue weighted by molar-refractivity contribution is 5.94. The number of nitrogens with one attached hydrogen (secondary N) is 1. The molecule has 178 valence electrons. The molecule has 0 aliphatic heterocycles. The van der Waals surface area contributed by atoms with Gasteiger partial charge in [-0.25, -0.2) is 4.98 Å². The number of aromatic nitrogens is 2. The van der Waals surface area contributed by atoms with Gasteiger partial charge in [0.15, 0.2) is 0 Å². The highest BCUT2D eigenvalue weighted by atomic mass is 16.5. The first-order valence-electron chi connectivity index (χ1n) is 11.6. The van der Waals surface area contributed by atoms with Gasteiger partial charge in [-0.1, -0.05) is 54.6 Å². The number of rotatable bonds is 8. The summed E-state index contributed by atoms with van der Waals surface area (Å²) in [6, 6.07) is 23.3. The Morgan fingerprint density at radius 2 is 1.66 bits per heavy atom. The van der Waals surface area contributed by atoms with Crippen molar-refractivity contribution in [1.82, 2.24) is 9.55 Å². The number of amides is 1. The van der Waals surface area contributed by atoms with Crippen molar-refractivity contribution in [2.24, 2.45) is 0 Å². The van der Waals surface area contributed by atoms with Gasteiger partial charge in [0.25, 0.3) is 5.56 Å². The van der Waals surface area contributed by atoms with Crippen molar-refractivity contribution in [2.45, 2.75) is 33.2 Å². The number of carbonyl (C=O) groups is 2. The smallest absolute Gasteiger partial charge is 0.306 e. The Hall–Kier alpha value is -4.26. The molecule has 1 N–H and O–H groups in total. The lowest BCUT2D eigenvalue weighted by Crippen LogP contribution is -2.24. The summed E-state index contributed by atoms with van der Waals surface area (Å²) in [5.74, 6) is -0.127. The second-order valence-corrected chi connectivity index (χ2v) is 8.20. The molecular weight excluding hydrogens is 442 g/mol. The molecule has 0 saturated heterocycles. The average molecular weight is 470 g/mol. The van der Waals surface area contributed by atoms with E-state index in [1.54, 1.807) is 29.7 Å². The molecule has 1 aromatic heterocycles. The lowest BCUT2D eigenvalue weighted by Gasteiger charge is -2.12. The van der Waals surface area contributed by atoms with Gasteiger partial charge in [-0.15, -0.1) is 0 Å². The lowest BCUT2D eigenvalue weighted by molar-refractivity contribution is -0.144. The van der Waals surface area contributed by atoms with Crippen molar-refractivity contribution >= 4 is 28.5 Å². The van der Waals surface area contributed by atoms with Crippen LogP contribution in [0.3, 0.4) is 0 Å². The van der Waals surface area contributed by atoms with Crippen molar-refractivity contribution in [1.29, 1.82) is 0 Å². The second-order valence-electron chi connectivity index (χ2n) is 8.20. The van der Waals surface area contributed by atoms with Crippen LogP contribution in [0.5, 0.6) is 0 Å². The molecule has 7 nitrogen and oxygen atoms in total. The number of nitrogens with zero attached hydrogens (tertiary/aromatic N) is 2. The molecule has 4 rings (SSSR count). The summed E-state index contributed by atoms with van der Waals surface area (Å²) >= 11 is 0. The van der Waals surface area contributed by atoms with Gasteiger partial charge < -0.3 is 10.1 Å². The number of benzene rings is 3. The maximum atomic E-state index is 13.3. The molecule has 0 saturated carbocycles. The van der Waals surface area contributed by atoms with Gasteiger partial charge in [0.2, 0.25) is 5.91 Å². The average Bonchev–Trinajstić information content (AvgIpc) is 2.87. The highest BCUT2D eigenvalue weighted by Gasteiger charge is 2.12.